The lowest BCUT2D eigenvalue weighted by Gasteiger charge is -2.18. The molecular formula is C16H19NO3. The van der Waals surface area contributed by atoms with Crippen molar-refractivity contribution in [2.24, 2.45) is 0 Å². The summed E-state index contributed by atoms with van der Waals surface area (Å²) >= 11 is 0. The first kappa shape index (κ1) is 14.3. The molecule has 4 nitrogen and oxygen atoms in total. The lowest BCUT2D eigenvalue weighted by molar-refractivity contribution is -0.151. The first-order chi connectivity index (χ1) is 9.76. The summed E-state index contributed by atoms with van der Waals surface area (Å²) in [4.78, 5) is 16.2. The highest BCUT2D eigenvalue weighted by Crippen LogP contribution is 2.25. The van der Waals surface area contributed by atoms with Gasteiger partial charge in [-0.2, -0.15) is 0 Å². The van der Waals surface area contributed by atoms with Crippen LogP contribution in [0.1, 0.15) is 26.7 Å². The van der Waals surface area contributed by atoms with Gasteiger partial charge in [-0.15, -0.1) is 0 Å². The largest absolute Gasteiger partial charge is 0.478 e. The van der Waals surface area contributed by atoms with Crippen molar-refractivity contribution in [3.8, 4) is 5.75 Å². The Hall–Kier alpha value is -2.10. The van der Waals surface area contributed by atoms with E-state index >= 15 is 0 Å². The minimum atomic E-state index is -0.564. The molecule has 0 aliphatic carbocycles. The van der Waals surface area contributed by atoms with Crippen LogP contribution >= 0.6 is 0 Å². The number of benzene rings is 1. The van der Waals surface area contributed by atoms with Crippen molar-refractivity contribution in [3.05, 3.63) is 36.5 Å². The standard InChI is InChI=1S/C16H19NO3/c1-3-7-15(16(18)19-4-2)20-14-10-5-9-13-12(14)8-6-11-17-13/h5-6,8-11,15H,3-4,7H2,1-2H3. The Bertz CT molecular complexity index is 577. The minimum Gasteiger partial charge on any atom is -0.478 e. The highest BCUT2D eigenvalue weighted by molar-refractivity contribution is 5.85. The van der Waals surface area contributed by atoms with E-state index in [0.29, 0.717) is 18.8 Å². The molecule has 20 heavy (non-hydrogen) atoms. The number of aromatic nitrogens is 1. The number of carbonyl (C=O) groups is 1. The molecule has 0 amide bonds. The summed E-state index contributed by atoms with van der Waals surface area (Å²) in [5, 5.41) is 0.903. The zero-order chi connectivity index (χ0) is 14.4. The van der Waals surface area contributed by atoms with Crippen LogP contribution in [-0.4, -0.2) is 23.7 Å². The Morgan fingerprint density at radius 3 is 2.85 bits per heavy atom. The highest BCUT2D eigenvalue weighted by Gasteiger charge is 2.21. The maximum atomic E-state index is 11.9. The van der Waals surface area contributed by atoms with Gasteiger partial charge >= 0.3 is 5.97 Å². The molecule has 1 atom stereocenters. The van der Waals surface area contributed by atoms with Crippen LogP contribution in [0.2, 0.25) is 0 Å². The zero-order valence-electron chi connectivity index (χ0n) is 11.8. The molecule has 2 rings (SSSR count). The maximum absolute atomic E-state index is 11.9. The molecule has 0 bridgehead atoms. The molecule has 0 saturated heterocycles. The van der Waals surface area contributed by atoms with Gasteiger partial charge in [-0.05, 0) is 37.6 Å². The molecule has 2 aromatic rings. The number of fused-ring (bicyclic) bond motifs is 1. The molecule has 0 saturated carbocycles. The van der Waals surface area contributed by atoms with Gasteiger partial charge in [-0.1, -0.05) is 19.4 Å². The normalized spacial score (nSPS) is 12.1. The quantitative estimate of drug-likeness (QED) is 0.757. The molecule has 1 aromatic carbocycles. The second-order valence-corrected chi connectivity index (χ2v) is 4.47. The van der Waals surface area contributed by atoms with Crippen LogP contribution in [-0.2, 0) is 9.53 Å². The molecule has 1 unspecified atom stereocenters. The predicted octanol–water partition coefficient (Wildman–Crippen LogP) is 3.35. The van der Waals surface area contributed by atoms with E-state index < -0.39 is 6.10 Å². The summed E-state index contributed by atoms with van der Waals surface area (Å²) in [6.07, 6.45) is 2.66. The van der Waals surface area contributed by atoms with E-state index in [9.17, 15) is 4.79 Å². The van der Waals surface area contributed by atoms with Crippen LogP contribution in [0.5, 0.6) is 5.75 Å². The number of esters is 1. The third kappa shape index (κ3) is 3.26. The van der Waals surface area contributed by atoms with Crippen molar-refractivity contribution in [3.63, 3.8) is 0 Å². The Morgan fingerprint density at radius 1 is 1.25 bits per heavy atom. The molecular weight excluding hydrogens is 254 g/mol. The second kappa shape index (κ2) is 6.89. The van der Waals surface area contributed by atoms with Gasteiger partial charge in [0.05, 0.1) is 12.1 Å². The van der Waals surface area contributed by atoms with E-state index in [-0.39, 0.29) is 5.97 Å². The highest BCUT2D eigenvalue weighted by atomic mass is 16.6. The number of rotatable bonds is 6. The Labute approximate surface area is 118 Å². The van der Waals surface area contributed by atoms with Crippen LogP contribution in [0.4, 0.5) is 0 Å². The average Bonchev–Trinajstić information content (AvgIpc) is 2.47. The Balaban J connectivity index is 2.26. The van der Waals surface area contributed by atoms with Crippen LogP contribution in [0.3, 0.4) is 0 Å². The fourth-order valence-electron chi connectivity index (χ4n) is 2.05. The van der Waals surface area contributed by atoms with Gasteiger partial charge < -0.3 is 9.47 Å². The minimum absolute atomic E-state index is 0.310. The monoisotopic (exact) mass is 273 g/mol. The summed E-state index contributed by atoms with van der Waals surface area (Å²) in [6.45, 7) is 4.17. The van der Waals surface area contributed by atoms with Gasteiger partial charge in [0.25, 0.3) is 0 Å². The number of hydrogen-bond acceptors (Lipinski definition) is 4. The predicted molar refractivity (Wildman–Crippen MR) is 77.7 cm³/mol. The average molecular weight is 273 g/mol. The topological polar surface area (TPSA) is 48.4 Å². The third-order valence-electron chi connectivity index (χ3n) is 2.98. The van der Waals surface area contributed by atoms with Crippen LogP contribution in [0.15, 0.2) is 36.5 Å². The van der Waals surface area contributed by atoms with Gasteiger partial charge in [-0.3, -0.25) is 4.98 Å². The van der Waals surface area contributed by atoms with Crippen molar-refractivity contribution in [1.82, 2.24) is 4.98 Å². The molecule has 0 aliphatic heterocycles. The summed E-state index contributed by atoms with van der Waals surface area (Å²) < 4.78 is 10.9. The third-order valence-corrected chi connectivity index (χ3v) is 2.98. The van der Waals surface area contributed by atoms with Crippen LogP contribution in [0.25, 0.3) is 10.9 Å². The molecule has 4 heteroatoms. The second-order valence-electron chi connectivity index (χ2n) is 4.47. The fourth-order valence-corrected chi connectivity index (χ4v) is 2.05. The maximum Gasteiger partial charge on any atom is 0.347 e. The molecule has 106 valence electrons. The first-order valence-electron chi connectivity index (χ1n) is 6.93. The lowest BCUT2D eigenvalue weighted by atomic mass is 10.2. The summed E-state index contributed by atoms with van der Waals surface area (Å²) in [6, 6.07) is 9.44. The number of pyridine rings is 1. The number of hydrogen-bond donors (Lipinski definition) is 0. The van der Waals surface area contributed by atoms with Crippen LogP contribution in [0, 0.1) is 0 Å². The van der Waals surface area contributed by atoms with Crippen LogP contribution < -0.4 is 4.74 Å². The van der Waals surface area contributed by atoms with E-state index in [0.717, 1.165) is 17.3 Å². The molecule has 0 aliphatic rings. The number of nitrogens with zero attached hydrogens (tertiary/aromatic N) is 1. The summed E-state index contributed by atoms with van der Waals surface area (Å²) in [5.74, 6) is 0.359. The SMILES string of the molecule is CCCC(Oc1cccc2ncccc12)C(=O)OCC. The number of carbonyl (C=O) groups excluding carboxylic acids is 1. The van der Waals surface area contributed by atoms with Crippen molar-refractivity contribution in [2.75, 3.05) is 6.61 Å². The van der Waals surface area contributed by atoms with E-state index in [1.54, 1.807) is 13.1 Å². The summed E-state index contributed by atoms with van der Waals surface area (Å²) in [5.41, 5.74) is 0.851. The van der Waals surface area contributed by atoms with Gasteiger partial charge in [0.15, 0.2) is 6.10 Å². The van der Waals surface area contributed by atoms with Crippen molar-refractivity contribution in [2.45, 2.75) is 32.8 Å². The Kier molecular flexibility index (Phi) is 4.93. The molecule has 1 heterocycles. The Morgan fingerprint density at radius 2 is 2.10 bits per heavy atom. The molecule has 0 radical (unpaired) electrons. The smallest absolute Gasteiger partial charge is 0.347 e. The summed E-state index contributed by atoms with van der Waals surface area (Å²) in [7, 11) is 0. The molecule has 1 aromatic heterocycles. The van der Waals surface area contributed by atoms with E-state index in [4.69, 9.17) is 9.47 Å². The van der Waals surface area contributed by atoms with Gasteiger partial charge in [0.2, 0.25) is 0 Å². The molecule has 0 N–H and O–H groups in total. The van der Waals surface area contributed by atoms with Crippen molar-refractivity contribution in [1.29, 1.82) is 0 Å². The lowest BCUT2D eigenvalue weighted by Crippen LogP contribution is -2.29. The first-order valence-corrected chi connectivity index (χ1v) is 6.93. The molecule has 0 spiro atoms. The van der Waals surface area contributed by atoms with E-state index in [1.165, 1.54) is 0 Å². The van der Waals surface area contributed by atoms with Crippen molar-refractivity contribution < 1.29 is 14.3 Å². The van der Waals surface area contributed by atoms with Gasteiger partial charge in [0, 0.05) is 11.6 Å². The van der Waals surface area contributed by atoms with Crippen molar-refractivity contribution >= 4 is 16.9 Å². The van der Waals surface area contributed by atoms with E-state index in [2.05, 4.69) is 4.98 Å². The zero-order valence-corrected chi connectivity index (χ0v) is 11.8. The van der Waals surface area contributed by atoms with E-state index in [1.807, 2.05) is 37.3 Å². The molecule has 0 fully saturated rings. The van der Waals surface area contributed by atoms with Gasteiger partial charge in [0.1, 0.15) is 5.75 Å². The number of ether oxygens (including phenoxy) is 2. The fraction of sp³-hybridized carbons (Fsp3) is 0.375. The van der Waals surface area contributed by atoms with Gasteiger partial charge in [-0.25, -0.2) is 4.79 Å².